The molecule has 0 aliphatic heterocycles. The number of ether oxygens (including phenoxy) is 1. The number of halogens is 1. The number of carbonyl (C=O) groups excluding carboxylic acids is 1. The van der Waals surface area contributed by atoms with Gasteiger partial charge in [-0.05, 0) is 30.2 Å². The lowest BCUT2D eigenvalue weighted by Gasteiger charge is -2.07. The second-order valence-corrected chi connectivity index (χ2v) is 6.89. The van der Waals surface area contributed by atoms with Crippen molar-refractivity contribution in [1.82, 2.24) is 15.5 Å². The number of benzene rings is 2. The fourth-order valence-electron chi connectivity index (χ4n) is 2.87. The second kappa shape index (κ2) is 9.25. The highest BCUT2D eigenvalue weighted by Crippen LogP contribution is 2.18. The Bertz CT molecular complexity index is 1280. The first-order chi connectivity index (χ1) is 15.5. The summed E-state index contributed by atoms with van der Waals surface area (Å²) in [4.78, 5) is 28.2. The van der Waals surface area contributed by atoms with Crippen molar-refractivity contribution in [1.29, 1.82) is 0 Å². The Kier molecular flexibility index (Phi) is 6.07. The van der Waals surface area contributed by atoms with Gasteiger partial charge in [0, 0.05) is 18.2 Å². The third-order valence-electron chi connectivity index (χ3n) is 4.59. The lowest BCUT2D eigenvalue weighted by molar-refractivity contribution is 0.0907. The normalized spacial score (nSPS) is 10.7. The van der Waals surface area contributed by atoms with Gasteiger partial charge in [0.05, 0.1) is 6.26 Å². The lowest BCUT2D eigenvalue weighted by atomic mass is 10.1. The van der Waals surface area contributed by atoms with E-state index in [0.29, 0.717) is 11.3 Å². The number of nitrogens with zero attached hydrogens (tertiary/aromatic N) is 2. The van der Waals surface area contributed by atoms with Crippen LogP contribution in [0.1, 0.15) is 27.6 Å². The van der Waals surface area contributed by atoms with E-state index in [0.717, 1.165) is 11.1 Å². The molecule has 1 N–H and O–H groups in total. The molecule has 0 spiro atoms. The first kappa shape index (κ1) is 21.0. The Labute approximate surface area is 181 Å². The summed E-state index contributed by atoms with van der Waals surface area (Å²) in [5, 5.41) is 6.48. The van der Waals surface area contributed by atoms with Gasteiger partial charge in [-0.25, -0.2) is 4.39 Å². The van der Waals surface area contributed by atoms with Gasteiger partial charge in [0.2, 0.25) is 17.0 Å². The summed E-state index contributed by atoms with van der Waals surface area (Å²) >= 11 is 0. The molecule has 0 radical (unpaired) electrons. The summed E-state index contributed by atoms with van der Waals surface area (Å²) in [6.07, 6.45) is 1.32. The van der Waals surface area contributed by atoms with Gasteiger partial charge in [0.1, 0.15) is 18.2 Å². The summed E-state index contributed by atoms with van der Waals surface area (Å²) in [5.74, 6) is -0.225. The molecule has 4 aromatic rings. The number of carbonyl (C=O) groups is 1. The van der Waals surface area contributed by atoms with Crippen molar-refractivity contribution in [3.63, 3.8) is 0 Å². The van der Waals surface area contributed by atoms with Crippen molar-refractivity contribution >= 4 is 5.91 Å². The van der Waals surface area contributed by atoms with Gasteiger partial charge >= 0.3 is 11.8 Å². The van der Waals surface area contributed by atoms with Gasteiger partial charge in [-0.2, -0.15) is 4.98 Å². The number of aromatic nitrogens is 2. The first-order valence-electron chi connectivity index (χ1n) is 9.66. The zero-order chi connectivity index (χ0) is 22.5. The van der Waals surface area contributed by atoms with Crippen LogP contribution in [0.4, 0.5) is 4.39 Å². The zero-order valence-corrected chi connectivity index (χ0v) is 17.0. The average molecular weight is 435 g/mol. The van der Waals surface area contributed by atoms with E-state index in [9.17, 15) is 14.0 Å². The fraction of sp³-hybridized carbons (Fsp3) is 0.130. The summed E-state index contributed by atoms with van der Waals surface area (Å²) < 4.78 is 28.7. The van der Waals surface area contributed by atoms with Gasteiger partial charge in [0.25, 0.3) is 0 Å². The van der Waals surface area contributed by atoms with Crippen LogP contribution in [0.3, 0.4) is 0 Å². The van der Waals surface area contributed by atoms with Crippen LogP contribution >= 0.6 is 0 Å². The fourth-order valence-corrected chi connectivity index (χ4v) is 2.87. The highest BCUT2D eigenvalue weighted by Gasteiger charge is 2.16. The van der Waals surface area contributed by atoms with Crippen LogP contribution in [-0.2, 0) is 13.2 Å². The Morgan fingerprint density at radius 3 is 2.50 bits per heavy atom. The van der Waals surface area contributed by atoms with Crippen LogP contribution in [0.2, 0.25) is 0 Å². The van der Waals surface area contributed by atoms with Crippen molar-refractivity contribution in [2.75, 3.05) is 0 Å². The molecule has 162 valence electrons. The molecule has 0 aliphatic rings. The highest BCUT2D eigenvalue weighted by atomic mass is 19.1. The summed E-state index contributed by atoms with van der Waals surface area (Å²) in [6, 6.07) is 14.2. The molecule has 2 heterocycles. The lowest BCUT2D eigenvalue weighted by Crippen LogP contribution is -2.23. The van der Waals surface area contributed by atoms with Gasteiger partial charge in [-0.3, -0.25) is 9.59 Å². The van der Waals surface area contributed by atoms with Crippen molar-refractivity contribution in [2.45, 2.75) is 20.1 Å². The van der Waals surface area contributed by atoms with Gasteiger partial charge in [-0.1, -0.05) is 41.6 Å². The maximum Gasteiger partial charge on any atom is 0.316 e. The molecular weight excluding hydrogens is 417 g/mol. The van der Waals surface area contributed by atoms with Gasteiger partial charge < -0.3 is 19.0 Å². The Hall–Kier alpha value is -4.27. The van der Waals surface area contributed by atoms with E-state index in [2.05, 4.69) is 15.5 Å². The molecule has 9 heteroatoms. The Balaban J connectivity index is 1.36. The highest BCUT2D eigenvalue weighted by molar-refractivity contribution is 5.89. The SMILES string of the molecule is Cc1occc(=O)c1OCc1ccc(-c2noc(C(=O)NCc3ccc(F)cc3)n2)cc1. The summed E-state index contributed by atoms with van der Waals surface area (Å²) in [6.45, 7) is 2.04. The number of nitrogens with one attached hydrogen (secondary N) is 1. The van der Waals surface area contributed by atoms with Crippen molar-refractivity contribution in [2.24, 2.45) is 0 Å². The molecule has 2 aromatic carbocycles. The van der Waals surface area contributed by atoms with Crippen LogP contribution in [-0.4, -0.2) is 16.0 Å². The Morgan fingerprint density at radius 2 is 1.78 bits per heavy atom. The average Bonchev–Trinajstić information content (AvgIpc) is 3.29. The minimum atomic E-state index is -0.532. The Morgan fingerprint density at radius 1 is 1.06 bits per heavy atom. The van der Waals surface area contributed by atoms with Crippen LogP contribution < -0.4 is 15.5 Å². The maximum absolute atomic E-state index is 12.9. The minimum absolute atomic E-state index is 0.172. The molecule has 0 saturated heterocycles. The van der Waals surface area contributed by atoms with Crippen LogP contribution in [0.5, 0.6) is 5.75 Å². The quantitative estimate of drug-likeness (QED) is 0.472. The molecule has 0 bridgehead atoms. The van der Waals surface area contributed by atoms with Gasteiger partial charge in [0.15, 0.2) is 0 Å². The monoisotopic (exact) mass is 435 g/mol. The minimum Gasteiger partial charge on any atom is -0.482 e. The molecule has 0 aliphatic carbocycles. The molecule has 8 nitrogen and oxygen atoms in total. The molecule has 4 rings (SSSR count). The zero-order valence-electron chi connectivity index (χ0n) is 17.0. The molecule has 1 amide bonds. The number of aryl methyl sites for hydroxylation is 1. The predicted octanol–water partition coefficient (Wildman–Crippen LogP) is 3.65. The van der Waals surface area contributed by atoms with E-state index in [4.69, 9.17) is 13.7 Å². The summed E-state index contributed by atoms with van der Waals surface area (Å²) in [5.41, 5.74) is 1.95. The van der Waals surface area contributed by atoms with E-state index in [-0.39, 0.29) is 41.9 Å². The van der Waals surface area contributed by atoms with E-state index in [1.807, 2.05) is 0 Å². The predicted molar refractivity (Wildman–Crippen MR) is 111 cm³/mol. The first-order valence-corrected chi connectivity index (χ1v) is 9.66. The maximum atomic E-state index is 12.9. The van der Waals surface area contributed by atoms with E-state index >= 15 is 0 Å². The number of amides is 1. The number of rotatable bonds is 7. The van der Waals surface area contributed by atoms with Crippen LogP contribution in [0.15, 0.2) is 74.6 Å². The third-order valence-corrected chi connectivity index (χ3v) is 4.59. The van der Waals surface area contributed by atoms with E-state index in [1.54, 1.807) is 43.3 Å². The van der Waals surface area contributed by atoms with Crippen molar-refractivity contribution in [3.8, 4) is 17.1 Å². The van der Waals surface area contributed by atoms with Crippen LogP contribution in [0.25, 0.3) is 11.4 Å². The van der Waals surface area contributed by atoms with Crippen molar-refractivity contribution < 1.29 is 22.9 Å². The molecule has 0 atom stereocenters. The number of hydrogen-bond acceptors (Lipinski definition) is 7. The largest absolute Gasteiger partial charge is 0.482 e. The molecule has 0 saturated carbocycles. The molecule has 2 aromatic heterocycles. The van der Waals surface area contributed by atoms with E-state index < -0.39 is 5.91 Å². The topological polar surface area (TPSA) is 107 Å². The van der Waals surface area contributed by atoms with Crippen molar-refractivity contribution in [3.05, 3.63) is 99.7 Å². The molecule has 0 unspecified atom stereocenters. The van der Waals surface area contributed by atoms with E-state index in [1.165, 1.54) is 24.5 Å². The molecule has 0 fully saturated rings. The second-order valence-electron chi connectivity index (χ2n) is 6.89. The van der Waals surface area contributed by atoms with Gasteiger partial charge in [-0.15, -0.1) is 0 Å². The summed E-state index contributed by atoms with van der Waals surface area (Å²) in [7, 11) is 0. The smallest absolute Gasteiger partial charge is 0.316 e. The standard InChI is InChI=1S/C23H18FN3O5/c1-14-20(19(28)10-11-30-14)31-13-16-2-6-17(7-3-16)21-26-23(32-27-21)22(29)25-12-15-4-8-18(24)9-5-15/h2-11H,12-13H2,1H3,(H,25,29). The molecular formula is C23H18FN3O5. The number of hydrogen-bond donors (Lipinski definition) is 1. The van der Waals surface area contributed by atoms with Crippen LogP contribution in [0, 0.1) is 12.7 Å². The molecule has 32 heavy (non-hydrogen) atoms. The third kappa shape index (κ3) is 4.89.